The summed E-state index contributed by atoms with van der Waals surface area (Å²) in [5.41, 5.74) is 4.98. The van der Waals surface area contributed by atoms with Gasteiger partial charge < -0.3 is 4.42 Å². The molecule has 3 heterocycles. The van der Waals surface area contributed by atoms with Crippen molar-refractivity contribution in [3.8, 4) is 39.9 Å². The van der Waals surface area contributed by atoms with Crippen molar-refractivity contribution in [3.05, 3.63) is 145 Å². The molecule has 0 fully saturated rings. The molecule has 0 atom stereocenters. The monoisotopic (exact) mass is 570 g/mol. The van der Waals surface area contributed by atoms with Gasteiger partial charge in [-0.3, -0.25) is 4.57 Å². The maximum atomic E-state index is 8.94. The quantitative estimate of drug-likeness (QED) is 0.211. The Kier molecular flexibility index (Phi) is 4.25. The van der Waals surface area contributed by atoms with Crippen LogP contribution in [0.5, 0.6) is 0 Å². The van der Waals surface area contributed by atoms with E-state index in [0.717, 1.165) is 21.9 Å². The minimum Gasteiger partial charge on any atom is -0.455 e. The molecule has 5 heteroatoms. The van der Waals surface area contributed by atoms with Crippen molar-refractivity contribution in [2.45, 2.75) is 0 Å². The van der Waals surface area contributed by atoms with Crippen LogP contribution >= 0.6 is 0 Å². The van der Waals surface area contributed by atoms with E-state index in [2.05, 4.69) is 18.2 Å². The Labute approximate surface area is 261 Å². The maximum absolute atomic E-state index is 8.94. The summed E-state index contributed by atoms with van der Waals surface area (Å²) >= 11 is 0. The van der Waals surface area contributed by atoms with E-state index in [4.69, 9.17) is 27.6 Å². The van der Waals surface area contributed by atoms with Crippen molar-refractivity contribution in [1.82, 2.24) is 19.5 Å². The lowest BCUT2D eigenvalue weighted by atomic mass is 9.99. The molecule has 0 aliphatic carbocycles. The van der Waals surface area contributed by atoms with Crippen LogP contribution in [-0.4, -0.2) is 19.5 Å². The Morgan fingerprint density at radius 1 is 0.523 bits per heavy atom. The first-order valence-corrected chi connectivity index (χ1v) is 14.1. The third-order valence-corrected chi connectivity index (χ3v) is 7.83. The van der Waals surface area contributed by atoms with Crippen LogP contribution in [0.1, 0.15) is 8.22 Å². The summed E-state index contributed by atoms with van der Waals surface area (Å²) in [7, 11) is 0. The number of fused-ring (bicyclic) bond motifs is 6. The Hall–Kier alpha value is -6.07. The lowest BCUT2D eigenvalue weighted by Gasteiger charge is -2.11. The topological polar surface area (TPSA) is 56.7 Å². The van der Waals surface area contributed by atoms with Crippen LogP contribution in [0.2, 0.25) is 0 Å². The highest BCUT2D eigenvalue weighted by Gasteiger charge is 2.21. The zero-order valence-electron chi connectivity index (χ0n) is 29.1. The number of hydrogen-bond donors (Lipinski definition) is 0. The molecule has 206 valence electrons. The molecule has 0 saturated heterocycles. The first-order valence-electron chi connectivity index (χ1n) is 17.1. The van der Waals surface area contributed by atoms with Gasteiger partial charge in [0.1, 0.15) is 11.2 Å². The van der Waals surface area contributed by atoms with E-state index in [1.807, 2.05) is 78.9 Å². The smallest absolute Gasteiger partial charge is 0.238 e. The third-order valence-electron chi connectivity index (χ3n) is 7.83. The van der Waals surface area contributed by atoms with Gasteiger partial charge in [0, 0.05) is 27.1 Å². The van der Waals surface area contributed by atoms with E-state index >= 15 is 0 Å². The molecule has 0 saturated carbocycles. The lowest BCUT2D eigenvalue weighted by Crippen LogP contribution is -2.06. The zero-order chi connectivity index (χ0) is 34.3. The van der Waals surface area contributed by atoms with Gasteiger partial charge in [0.2, 0.25) is 5.95 Å². The second-order valence-corrected chi connectivity index (χ2v) is 10.4. The van der Waals surface area contributed by atoms with E-state index in [9.17, 15) is 0 Å². The second kappa shape index (κ2) is 9.75. The van der Waals surface area contributed by atoms with Gasteiger partial charge in [0.25, 0.3) is 0 Å². The molecule has 5 nitrogen and oxygen atoms in total. The maximum Gasteiger partial charge on any atom is 0.238 e. The van der Waals surface area contributed by atoms with Gasteiger partial charge in [-0.1, -0.05) is 121 Å². The highest BCUT2D eigenvalue weighted by atomic mass is 16.3. The summed E-state index contributed by atoms with van der Waals surface area (Å²) < 4.78 is 60.3. The summed E-state index contributed by atoms with van der Waals surface area (Å²) in [5, 5.41) is 2.08. The van der Waals surface area contributed by atoms with Gasteiger partial charge in [-0.05, 0) is 35.3 Å². The molecule has 9 aromatic rings. The van der Waals surface area contributed by atoms with E-state index < -0.39 is 0 Å². The summed E-state index contributed by atoms with van der Waals surface area (Å²) in [6, 6.07) is 32.8. The van der Waals surface area contributed by atoms with Gasteiger partial charge in [-0.15, -0.1) is 0 Å². The Morgan fingerprint density at radius 2 is 1.16 bits per heavy atom. The van der Waals surface area contributed by atoms with Gasteiger partial charge in [0.15, 0.2) is 11.6 Å². The predicted molar refractivity (Wildman–Crippen MR) is 178 cm³/mol. The molecule has 0 aliphatic rings. The summed E-state index contributed by atoms with van der Waals surface area (Å²) in [5.74, 6) is 0.658. The van der Waals surface area contributed by atoms with E-state index in [1.165, 1.54) is 16.7 Å². The number of para-hydroxylation sites is 3. The fraction of sp³-hybridized carbons (Fsp3) is 0. The van der Waals surface area contributed by atoms with Crippen LogP contribution in [0.25, 0.3) is 83.6 Å². The fourth-order valence-electron chi connectivity index (χ4n) is 5.90. The number of benzene rings is 6. The predicted octanol–water partition coefficient (Wildman–Crippen LogP) is 9.87. The molecule has 0 aliphatic heterocycles. The van der Waals surface area contributed by atoms with Crippen molar-refractivity contribution in [1.29, 1.82) is 0 Å². The first kappa shape index (κ1) is 19.2. The highest BCUT2D eigenvalue weighted by Crippen LogP contribution is 2.40. The molecule has 0 radical (unpaired) electrons. The average molecular weight is 571 g/mol. The van der Waals surface area contributed by atoms with Crippen LogP contribution in [0, 0.1) is 0 Å². The molecule has 0 N–H and O–H groups in total. The van der Waals surface area contributed by atoms with Crippen LogP contribution in [0.3, 0.4) is 0 Å². The first-order chi connectivity index (χ1) is 24.3. The molecule has 0 bridgehead atoms. The fourth-order valence-corrected chi connectivity index (χ4v) is 5.90. The standard InChI is InChI=1S/C39H24N4O/c1-3-13-25(14-4-1)27-19-12-24-34-35(27)30-20-11-21-31(36(30)44-34)38-40-37(26-15-5-2-6-16-26)41-39(42-38)43-32-22-9-7-17-28(32)29-18-8-10-23-33(29)43/h1-24H/i7D,8D,17D,18D,22D,23D. The third kappa shape index (κ3) is 3.76. The molecule has 9 rings (SSSR count). The van der Waals surface area contributed by atoms with Crippen molar-refractivity contribution >= 4 is 43.7 Å². The molecule has 6 aromatic carbocycles. The highest BCUT2D eigenvalue weighted by molar-refractivity contribution is 6.15. The second-order valence-electron chi connectivity index (χ2n) is 10.4. The zero-order valence-corrected chi connectivity index (χ0v) is 23.1. The van der Waals surface area contributed by atoms with Crippen LogP contribution in [0.4, 0.5) is 0 Å². The largest absolute Gasteiger partial charge is 0.455 e. The number of hydrogen-bond acceptors (Lipinski definition) is 4. The van der Waals surface area contributed by atoms with Crippen LogP contribution in [-0.2, 0) is 0 Å². The summed E-state index contributed by atoms with van der Waals surface area (Å²) in [6.45, 7) is 0. The molecular formula is C39H24N4O. The van der Waals surface area contributed by atoms with E-state index in [0.29, 0.717) is 28.1 Å². The molecule has 44 heavy (non-hydrogen) atoms. The number of aromatic nitrogens is 4. The molecule has 0 spiro atoms. The molecule has 0 unspecified atom stereocenters. The number of furan rings is 1. The number of nitrogens with zero attached hydrogens (tertiary/aromatic N) is 4. The Morgan fingerprint density at radius 3 is 1.89 bits per heavy atom. The average Bonchev–Trinajstić information content (AvgIpc) is 3.71. The van der Waals surface area contributed by atoms with Gasteiger partial charge in [-0.25, -0.2) is 4.98 Å². The Balaban J connectivity index is 1.39. The van der Waals surface area contributed by atoms with Crippen molar-refractivity contribution in [2.75, 3.05) is 0 Å². The van der Waals surface area contributed by atoms with Crippen molar-refractivity contribution in [3.63, 3.8) is 0 Å². The number of rotatable bonds is 4. The van der Waals surface area contributed by atoms with E-state index in [-0.39, 0.29) is 69.8 Å². The molecular weight excluding hydrogens is 540 g/mol. The summed E-state index contributed by atoms with van der Waals surface area (Å²) in [6.07, 6.45) is 0. The minimum absolute atomic E-state index is 0.0585. The Bertz CT molecular complexity index is 2760. The van der Waals surface area contributed by atoms with Crippen molar-refractivity contribution < 1.29 is 12.6 Å². The van der Waals surface area contributed by atoms with Gasteiger partial charge >= 0.3 is 0 Å². The van der Waals surface area contributed by atoms with Crippen LogP contribution in [0.15, 0.2) is 150 Å². The van der Waals surface area contributed by atoms with Gasteiger partial charge in [0.05, 0.1) is 24.8 Å². The summed E-state index contributed by atoms with van der Waals surface area (Å²) in [4.78, 5) is 14.7. The SMILES string of the molecule is [2H]c1cc([2H])c2c(c1[2H])c1c([2H])c([2H])cc([2H])c1n2-c1nc(-c2ccccc2)nc(-c2cccc3c2oc2cccc(-c4ccccc4)c23)n1. The van der Waals surface area contributed by atoms with Crippen LogP contribution < -0.4 is 0 Å². The normalized spacial score (nSPS) is 13.5. The lowest BCUT2D eigenvalue weighted by molar-refractivity contribution is 0.669. The van der Waals surface area contributed by atoms with E-state index in [1.54, 1.807) is 0 Å². The van der Waals surface area contributed by atoms with Crippen molar-refractivity contribution in [2.24, 2.45) is 0 Å². The van der Waals surface area contributed by atoms with Gasteiger partial charge in [-0.2, -0.15) is 9.97 Å². The molecule has 0 amide bonds. The molecule has 3 aromatic heterocycles. The minimum atomic E-state index is -0.211.